The lowest BCUT2D eigenvalue weighted by molar-refractivity contribution is 0.0896. The van der Waals surface area contributed by atoms with Gasteiger partial charge in [-0.25, -0.2) is 0 Å². The Kier molecular flexibility index (Phi) is 4.91. The maximum atomic E-state index is 5.80. The largest absolute Gasteiger partial charge is 0.383 e. The summed E-state index contributed by atoms with van der Waals surface area (Å²) in [7, 11) is 1.72. The zero-order valence-electron chi connectivity index (χ0n) is 10.3. The minimum Gasteiger partial charge on any atom is -0.383 e. The monoisotopic (exact) mass is 236 g/mol. The fraction of sp³-hybridized carbons (Fsp3) is 0.615. The Morgan fingerprint density at radius 1 is 1.59 bits per heavy atom. The van der Waals surface area contributed by atoms with Crippen LogP contribution in [0.25, 0.3) is 0 Å². The van der Waals surface area contributed by atoms with E-state index in [1.54, 1.807) is 13.3 Å². The molecule has 1 aromatic heterocycles. The number of aromatic nitrogens is 1. The lowest BCUT2D eigenvalue weighted by Crippen LogP contribution is -2.27. The second-order valence-electron chi connectivity index (χ2n) is 4.32. The molecular formula is C13H20N2O2. The molecule has 94 valence electrons. The lowest BCUT2D eigenvalue weighted by Gasteiger charge is -2.18. The number of nitrogens with zero attached hydrogens (tertiary/aromatic N) is 1. The summed E-state index contributed by atoms with van der Waals surface area (Å²) in [6, 6.07) is 4.05. The number of pyridine rings is 1. The molecule has 0 radical (unpaired) electrons. The van der Waals surface area contributed by atoms with Gasteiger partial charge in [-0.3, -0.25) is 4.98 Å². The first-order valence-corrected chi connectivity index (χ1v) is 6.13. The van der Waals surface area contributed by atoms with Gasteiger partial charge in [0, 0.05) is 45.1 Å². The van der Waals surface area contributed by atoms with Crippen LogP contribution in [0.2, 0.25) is 0 Å². The zero-order valence-corrected chi connectivity index (χ0v) is 10.3. The number of hydrogen-bond donors (Lipinski definition) is 1. The molecule has 1 N–H and O–H groups in total. The molecule has 1 aromatic rings. The average Bonchev–Trinajstić information content (AvgIpc) is 2.84. The van der Waals surface area contributed by atoms with Crippen molar-refractivity contribution in [3.8, 4) is 0 Å². The summed E-state index contributed by atoms with van der Waals surface area (Å²) in [6.45, 7) is 3.47. The Morgan fingerprint density at radius 2 is 2.53 bits per heavy atom. The van der Waals surface area contributed by atoms with Crippen LogP contribution in [0.1, 0.15) is 18.1 Å². The number of rotatable bonds is 6. The molecule has 0 aliphatic carbocycles. The molecule has 1 fully saturated rings. The predicted molar refractivity (Wildman–Crippen MR) is 65.8 cm³/mol. The third-order valence-corrected chi connectivity index (χ3v) is 3.12. The Hall–Kier alpha value is -0.970. The van der Waals surface area contributed by atoms with Crippen LogP contribution >= 0.6 is 0 Å². The normalized spacial score (nSPS) is 24.1. The fourth-order valence-electron chi connectivity index (χ4n) is 2.22. The second-order valence-corrected chi connectivity index (χ2v) is 4.32. The Bertz CT molecular complexity index is 318. The van der Waals surface area contributed by atoms with E-state index in [0.29, 0.717) is 5.92 Å². The van der Waals surface area contributed by atoms with Crippen molar-refractivity contribution in [2.75, 3.05) is 33.4 Å². The van der Waals surface area contributed by atoms with Crippen molar-refractivity contribution in [2.45, 2.75) is 12.5 Å². The van der Waals surface area contributed by atoms with Crippen LogP contribution in [0.4, 0.5) is 0 Å². The van der Waals surface area contributed by atoms with Crippen LogP contribution in [-0.4, -0.2) is 38.4 Å². The van der Waals surface area contributed by atoms with E-state index in [-0.39, 0.29) is 6.10 Å². The van der Waals surface area contributed by atoms with Crippen LogP contribution in [-0.2, 0) is 9.47 Å². The van der Waals surface area contributed by atoms with E-state index in [0.717, 1.165) is 32.7 Å². The molecule has 1 aliphatic rings. The van der Waals surface area contributed by atoms with Crippen LogP contribution in [0.15, 0.2) is 24.5 Å². The van der Waals surface area contributed by atoms with E-state index in [1.807, 2.05) is 12.3 Å². The number of nitrogens with one attached hydrogen (secondary N) is 1. The molecule has 0 spiro atoms. The highest BCUT2D eigenvalue weighted by Crippen LogP contribution is 2.33. The number of methoxy groups -OCH3 is 1. The molecule has 17 heavy (non-hydrogen) atoms. The number of ether oxygens (including phenoxy) is 2. The van der Waals surface area contributed by atoms with Crippen molar-refractivity contribution < 1.29 is 9.47 Å². The minimum absolute atomic E-state index is 0.193. The predicted octanol–water partition coefficient (Wildman–Crippen LogP) is 1.40. The second kappa shape index (κ2) is 6.69. The van der Waals surface area contributed by atoms with Crippen LogP contribution < -0.4 is 5.32 Å². The van der Waals surface area contributed by atoms with Gasteiger partial charge in [-0.1, -0.05) is 6.07 Å². The number of hydrogen-bond acceptors (Lipinski definition) is 4. The van der Waals surface area contributed by atoms with E-state index in [4.69, 9.17) is 9.47 Å². The lowest BCUT2D eigenvalue weighted by atomic mass is 9.96. The van der Waals surface area contributed by atoms with Gasteiger partial charge in [0.1, 0.15) is 0 Å². The first-order valence-electron chi connectivity index (χ1n) is 6.13. The van der Waals surface area contributed by atoms with Crippen molar-refractivity contribution in [1.29, 1.82) is 0 Å². The minimum atomic E-state index is 0.193. The van der Waals surface area contributed by atoms with Gasteiger partial charge in [0.05, 0.1) is 12.7 Å². The van der Waals surface area contributed by atoms with Crippen LogP contribution in [0.3, 0.4) is 0 Å². The highest BCUT2D eigenvalue weighted by Gasteiger charge is 2.29. The van der Waals surface area contributed by atoms with Crippen molar-refractivity contribution in [3.63, 3.8) is 0 Å². The summed E-state index contributed by atoms with van der Waals surface area (Å²) in [5.41, 5.74) is 1.18. The summed E-state index contributed by atoms with van der Waals surface area (Å²) >= 11 is 0. The Labute approximate surface area is 102 Å². The van der Waals surface area contributed by atoms with Gasteiger partial charge in [0.25, 0.3) is 0 Å². The summed E-state index contributed by atoms with van der Waals surface area (Å²) in [6.07, 6.45) is 5.00. The van der Waals surface area contributed by atoms with Gasteiger partial charge in [-0.05, 0) is 18.1 Å². The van der Waals surface area contributed by atoms with Crippen LogP contribution in [0, 0.1) is 5.92 Å². The first-order chi connectivity index (χ1) is 8.42. The third-order valence-electron chi connectivity index (χ3n) is 3.12. The molecular weight excluding hydrogens is 216 g/mol. The van der Waals surface area contributed by atoms with Crippen molar-refractivity contribution >= 4 is 0 Å². The Balaban J connectivity index is 1.85. The summed E-state index contributed by atoms with van der Waals surface area (Å²) < 4.78 is 10.8. The molecule has 2 unspecified atom stereocenters. The van der Waals surface area contributed by atoms with Gasteiger partial charge >= 0.3 is 0 Å². The quantitative estimate of drug-likeness (QED) is 0.758. The Morgan fingerprint density at radius 3 is 3.29 bits per heavy atom. The van der Waals surface area contributed by atoms with E-state index in [9.17, 15) is 0 Å². The molecule has 0 saturated carbocycles. The molecule has 1 aliphatic heterocycles. The summed E-state index contributed by atoms with van der Waals surface area (Å²) in [5.74, 6) is 0.538. The zero-order chi connectivity index (χ0) is 11.9. The smallest absolute Gasteiger partial charge is 0.0880 e. The van der Waals surface area contributed by atoms with Crippen molar-refractivity contribution in [1.82, 2.24) is 10.3 Å². The van der Waals surface area contributed by atoms with Gasteiger partial charge in [-0.2, -0.15) is 0 Å². The van der Waals surface area contributed by atoms with Gasteiger partial charge in [0.15, 0.2) is 0 Å². The van der Waals surface area contributed by atoms with Gasteiger partial charge < -0.3 is 14.8 Å². The molecule has 0 bridgehead atoms. The molecule has 4 heteroatoms. The van der Waals surface area contributed by atoms with E-state index in [1.165, 1.54) is 5.56 Å². The summed E-state index contributed by atoms with van der Waals surface area (Å²) in [5, 5.41) is 3.40. The van der Waals surface area contributed by atoms with Crippen LogP contribution in [0.5, 0.6) is 0 Å². The van der Waals surface area contributed by atoms with Crippen molar-refractivity contribution in [2.24, 2.45) is 5.92 Å². The van der Waals surface area contributed by atoms with Crippen molar-refractivity contribution in [3.05, 3.63) is 30.1 Å². The van der Waals surface area contributed by atoms with Gasteiger partial charge in [0.2, 0.25) is 0 Å². The molecule has 2 rings (SSSR count). The SMILES string of the molecule is COCCNCC1CCOC1c1cccnc1. The third kappa shape index (κ3) is 3.49. The standard InChI is InChI=1S/C13H20N2O2/c1-16-8-6-15-10-12-4-7-17-13(12)11-3-2-5-14-9-11/h2-3,5,9,12-13,15H,4,6-8,10H2,1H3. The average molecular weight is 236 g/mol. The molecule has 0 aromatic carbocycles. The molecule has 2 atom stereocenters. The molecule has 4 nitrogen and oxygen atoms in total. The highest BCUT2D eigenvalue weighted by molar-refractivity contribution is 5.14. The van der Waals surface area contributed by atoms with E-state index >= 15 is 0 Å². The molecule has 1 saturated heterocycles. The maximum absolute atomic E-state index is 5.80. The maximum Gasteiger partial charge on any atom is 0.0880 e. The van der Waals surface area contributed by atoms with E-state index in [2.05, 4.69) is 16.4 Å². The van der Waals surface area contributed by atoms with E-state index < -0.39 is 0 Å². The fourth-order valence-corrected chi connectivity index (χ4v) is 2.22. The van der Waals surface area contributed by atoms with Gasteiger partial charge in [-0.15, -0.1) is 0 Å². The topological polar surface area (TPSA) is 43.4 Å². The molecule has 0 amide bonds. The summed E-state index contributed by atoms with van der Waals surface area (Å²) in [4.78, 5) is 4.15. The first kappa shape index (κ1) is 12.5. The highest BCUT2D eigenvalue weighted by atomic mass is 16.5. The molecule has 2 heterocycles.